The summed E-state index contributed by atoms with van der Waals surface area (Å²) >= 11 is 0. The fourth-order valence-electron chi connectivity index (χ4n) is 2.56. The van der Waals surface area contributed by atoms with E-state index in [1.54, 1.807) is 0 Å². The van der Waals surface area contributed by atoms with E-state index >= 15 is 0 Å². The number of aromatic nitrogens is 1. The first-order valence-electron chi connectivity index (χ1n) is 6.57. The topological polar surface area (TPSA) is 12.9 Å². The van der Waals surface area contributed by atoms with Gasteiger partial charge in [-0.1, -0.05) is 50.2 Å². The maximum absolute atomic E-state index is 4.59. The molecule has 1 heterocycles. The second-order valence-corrected chi connectivity index (χ2v) is 4.89. The third-order valence-electron chi connectivity index (χ3n) is 3.81. The Balaban J connectivity index is 2.40. The van der Waals surface area contributed by atoms with Gasteiger partial charge in [-0.15, -0.1) is 0 Å². The van der Waals surface area contributed by atoms with Gasteiger partial charge in [0.1, 0.15) is 0 Å². The molecular formula is C17H17N. The van der Waals surface area contributed by atoms with Gasteiger partial charge < -0.3 is 0 Å². The Morgan fingerprint density at radius 1 is 1.00 bits per heavy atom. The lowest BCUT2D eigenvalue weighted by molar-refractivity contribution is 0.739. The van der Waals surface area contributed by atoms with Gasteiger partial charge >= 0.3 is 0 Å². The Hall–Kier alpha value is -1.89. The van der Waals surface area contributed by atoms with Crippen LogP contribution in [0.15, 0.2) is 48.7 Å². The average molecular weight is 235 g/mol. The Bertz CT molecular complexity index is 700. The second-order valence-electron chi connectivity index (χ2n) is 4.89. The van der Waals surface area contributed by atoms with Crippen LogP contribution < -0.4 is 0 Å². The number of pyridine rings is 1. The summed E-state index contributed by atoms with van der Waals surface area (Å²) in [5.74, 6) is 0.580. The van der Waals surface area contributed by atoms with E-state index in [4.69, 9.17) is 0 Å². The smallest absolute Gasteiger partial charge is 0.0783 e. The van der Waals surface area contributed by atoms with Crippen molar-refractivity contribution in [2.75, 3.05) is 0 Å². The Morgan fingerprint density at radius 3 is 2.67 bits per heavy atom. The Morgan fingerprint density at radius 2 is 1.83 bits per heavy atom. The predicted molar refractivity (Wildman–Crippen MR) is 78.0 cm³/mol. The van der Waals surface area contributed by atoms with Crippen molar-refractivity contribution < 1.29 is 0 Å². The third kappa shape index (κ3) is 1.67. The van der Waals surface area contributed by atoms with Crippen molar-refractivity contribution in [2.24, 2.45) is 0 Å². The summed E-state index contributed by atoms with van der Waals surface area (Å²) < 4.78 is 0. The maximum Gasteiger partial charge on any atom is 0.0783 e. The van der Waals surface area contributed by atoms with Crippen LogP contribution in [-0.4, -0.2) is 4.98 Å². The van der Waals surface area contributed by atoms with Gasteiger partial charge in [0.15, 0.2) is 0 Å². The molecule has 90 valence electrons. The van der Waals surface area contributed by atoms with Gasteiger partial charge in [-0.25, -0.2) is 0 Å². The van der Waals surface area contributed by atoms with E-state index in [2.05, 4.69) is 61.3 Å². The first-order valence-corrected chi connectivity index (χ1v) is 6.57. The van der Waals surface area contributed by atoms with E-state index in [0.717, 1.165) is 11.9 Å². The normalized spacial score (nSPS) is 13.0. The zero-order valence-corrected chi connectivity index (χ0v) is 10.9. The Kier molecular flexibility index (Phi) is 2.75. The van der Waals surface area contributed by atoms with Crippen molar-refractivity contribution in [3.05, 3.63) is 54.2 Å². The van der Waals surface area contributed by atoms with E-state index in [1.807, 2.05) is 6.20 Å². The van der Waals surface area contributed by atoms with Crippen LogP contribution in [0.1, 0.15) is 31.7 Å². The summed E-state index contributed by atoms with van der Waals surface area (Å²) in [6.07, 6.45) is 3.10. The van der Waals surface area contributed by atoms with Crippen LogP contribution >= 0.6 is 0 Å². The molecule has 1 unspecified atom stereocenters. The van der Waals surface area contributed by atoms with Crippen molar-refractivity contribution in [3.8, 4) is 0 Å². The maximum atomic E-state index is 4.59. The van der Waals surface area contributed by atoms with Crippen LogP contribution in [-0.2, 0) is 0 Å². The summed E-state index contributed by atoms with van der Waals surface area (Å²) in [4.78, 5) is 4.59. The van der Waals surface area contributed by atoms with Crippen LogP contribution in [0.5, 0.6) is 0 Å². The molecule has 0 aliphatic heterocycles. The van der Waals surface area contributed by atoms with Crippen LogP contribution in [0.25, 0.3) is 21.7 Å². The SMILES string of the molecule is CCC(C)c1ccnc2c1ccc1ccccc12. The van der Waals surface area contributed by atoms with Crippen LogP contribution in [0.2, 0.25) is 0 Å². The zero-order chi connectivity index (χ0) is 12.5. The molecule has 0 saturated heterocycles. The summed E-state index contributed by atoms with van der Waals surface area (Å²) in [6, 6.07) is 15.0. The van der Waals surface area contributed by atoms with E-state index in [1.165, 1.54) is 21.7 Å². The van der Waals surface area contributed by atoms with Crippen molar-refractivity contribution in [1.29, 1.82) is 0 Å². The molecule has 0 fully saturated rings. The minimum Gasteiger partial charge on any atom is -0.256 e. The number of nitrogens with zero attached hydrogens (tertiary/aromatic N) is 1. The predicted octanol–water partition coefficient (Wildman–Crippen LogP) is 4.90. The number of hydrogen-bond donors (Lipinski definition) is 0. The monoisotopic (exact) mass is 235 g/mol. The molecule has 1 atom stereocenters. The largest absolute Gasteiger partial charge is 0.256 e. The van der Waals surface area contributed by atoms with Gasteiger partial charge in [0.2, 0.25) is 0 Å². The molecule has 3 aromatic rings. The minimum atomic E-state index is 0.580. The van der Waals surface area contributed by atoms with Gasteiger partial charge in [0, 0.05) is 17.0 Å². The van der Waals surface area contributed by atoms with Crippen molar-refractivity contribution >= 4 is 21.7 Å². The molecule has 0 aliphatic carbocycles. The fraction of sp³-hybridized carbons (Fsp3) is 0.235. The highest BCUT2D eigenvalue weighted by atomic mass is 14.6. The molecule has 0 amide bonds. The van der Waals surface area contributed by atoms with Gasteiger partial charge in [-0.2, -0.15) is 0 Å². The molecule has 0 aliphatic rings. The molecule has 18 heavy (non-hydrogen) atoms. The van der Waals surface area contributed by atoms with E-state index < -0.39 is 0 Å². The molecule has 3 rings (SSSR count). The first-order chi connectivity index (χ1) is 8.81. The van der Waals surface area contributed by atoms with E-state index in [9.17, 15) is 0 Å². The van der Waals surface area contributed by atoms with E-state index in [-0.39, 0.29) is 0 Å². The van der Waals surface area contributed by atoms with Crippen LogP contribution in [0.3, 0.4) is 0 Å². The molecule has 1 nitrogen and oxygen atoms in total. The third-order valence-corrected chi connectivity index (χ3v) is 3.81. The second kappa shape index (κ2) is 4.41. The number of hydrogen-bond acceptors (Lipinski definition) is 1. The quantitative estimate of drug-likeness (QED) is 0.575. The average Bonchev–Trinajstić information content (AvgIpc) is 2.45. The van der Waals surface area contributed by atoms with Crippen LogP contribution in [0.4, 0.5) is 0 Å². The lowest BCUT2D eigenvalue weighted by Crippen LogP contribution is -1.94. The lowest BCUT2D eigenvalue weighted by Gasteiger charge is -2.13. The van der Waals surface area contributed by atoms with Crippen LogP contribution in [0, 0.1) is 0 Å². The van der Waals surface area contributed by atoms with Crippen molar-refractivity contribution in [3.63, 3.8) is 0 Å². The molecule has 2 aromatic carbocycles. The van der Waals surface area contributed by atoms with E-state index in [0.29, 0.717) is 5.92 Å². The molecule has 0 bridgehead atoms. The van der Waals surface area contributed by atoms with Crippen molar-refractivity contribution in [1.82, 2.24) is 4.98 Å². The molecular weight excluding hydrogens is 218 g/mol. The molecule has 0 saturated carbocycles. The molecule has 1 aromatic heterocycles. The lowest BCUT2D eigenvalue weighted by atomic mass is 9.94. The summed E-state index contributed by atoms with van der Waals surface area (Å²) in [5.41, 5.74) is 2.54. The number of rotatable bonds is 2. The fourth-order valence-corrected chi connectivity index (χ4v) is 2.56. The number of fused-ring (bicyclic) bond motifs is 3. The Labute approximate surface area is 107 Å². The molecule has 1 heteroatoms. The summed E-state index contributed by atoms with van der Waals surface area (Å²) in [5, 5.41) is 3.81. The first kappa shape index (κ1) is 11.2. The minimum absolute atomic E-state index is 0.580. The highest BCUT2D eigenvalue weighted by molar-refractivity contribution is 6.06. The van der Waals surface area contributed by atoms with Crippen molar-refractivity contribution in [2.45, 2.75) is 26.2 Å². The molecule has 0 N–H and O–H groups in total. The molecule has 0 radical (unpaired) electrons. The zero-order valence-electron chi connectivity index (χ0n) is 10.9. The van der Waals surface area contributed by atoms with Gasteiger partial charge in [-0.3, -0.25) is 4.98 Å². The summed E-state index contributed by atoms with van der Waals surface area (Å²) in [7, 11) is 0. The molecule has 0 spiro atoms. The standard InChI is InChI=1S/C17H17N/c1-3-12(2)14-10-11-18-17-15-7-5-4-6-13(15)8-9-16(14)17/h4-12H,3H2,1-2H3. The highest BCUT2D eigenvalue weighted by Crippen LogP contribution is 2.30. The van der Waals surface area contributed by atoms with Gasteiger partial charge in [0.05, 0.1) is 5.52 Å². The van der Waals surface area contributed by atoms with Gasteiger partial charge in [0.25, 0.3) is 0 Å². The van der Waals surface area contributed by atoms with Gasteiger partial charge in [-0.05, 0) is 29.4 Å². The summed E-state index contributed by atoms with van der Waals surface area (Å²) in [6.45, 7) is 4.52. The highest BCUT2D eigenvalue weighted by Gasteiger charge is 2.09. The number of benzene rings is 2.